The molecule has 2 fully saturated rings. The monoisotopic (exact) mass is 433 g/mol. The van der Waals surface area contributed by atoms with E-state index in [4.69, 9.17) is 4.74 Å². The van der Waals surface area contributed by atoms with E-state index >= 15 is 0 Å². The molecule has 0 radical (unpaired) electrons. The van der Waals surface area contributed by atoms with Gasteiger partial charge in [-0.05, 0) is 42.5 Å². The fraction of sp³-hybridized carbons (Fsp3) is 0.462. The molecule has 0 N–H and O–H groups in total. The third-order valence-electron chi connectivity index (χ3n) is 7.36. The Labute approximate surface area is 189 Å². The summed E-state index contributed by atoms with van der Waals surface area (Å²) in [6.45, 7) is 5.85. The van der Waals surface area contributed by atoms with Gasteiger partial charge in [-0.15, -0.1) is 0 Å². The number of hydrogen-bond acceptors (Lipinski definition) is 4. The van der Waals surface area contributed by atoms with Crippen molar-refractivity contribution in [2.75, 3.05) is 44.7 Å². The number of benzene rings is 2. The first kappa shape index (κ1) is 20.9. The second-order valence-corrected chi connectivity index (χ2v) is 9.24. The molecular formula is C26H31N3O3. The van der Waals surface area contributed by atoms with Gasteiger partial charge >= 0.3 is 0 Å². The molecule has 0 aromatic heterocycles. The van der Waals surface area contributed by atoms with Crippen molar-refractivity contribution in [1.82, 2.24) is 9.80 Å². The van der Waals surface area contributed by atoms with Gasteiger partial charge in [-0.2, -0.15) is 0 Å². The second-order valence-electron chi connectivity index (χ2n) is 9.24. The molecule has 2 saturated heterocycles. The third-order valence-corrected chi connectivity index (χ3v) is 7.36. The minimum absolute atomic E-state index is 0.0408. The molecule has 3 aliphatic heterocycles. The van der Waals surface area contributed by atoms with Crippen LogP contribution in [0.5, 0.6) is 5.75 Å². The lowest BCUT2D eigenvalue weighted by Crippen LogP contribution is -2.58. The first-order chi connectivity index (χ1) is 15.6. The maximum absolute atomic E-state index is 13.9. The Morgan fingerprint density at radius 1 is 0.969 bits per heavy atom. The van der Waals surface area contributed by atoms with E-state index in [-0.39, 0.29) is 23.8 Å². The SMILES string of the molecule is COc1ccccc1N1CCN(C(=O)C2c3ccccc3C(=O)N3CCC(C)CC23)CC1. The van der Waals surface area contributed by atoms with Crippen LogP contribution in [-0.4, -0.2) is 67.5 Å². The Morgan fingerprint density at radius 2 is 1.69 bits per heavy atom. The van der Waals surface area contributed by atoms with Crippen LogP contribution in [0.25, 0.3) is 0 Å². The highest BCUT2D eigenvalue weighted by Gasteiger charge is 2.46. The van der Waals surface area contributed by atoms with Crippen LogP contribution in [0.15, 0.2) is 48.5 Å². The number of hydrogen-bond donors (Lipinski definition) is 0. The second kappa shape index (κ2) is 8.49. The van der Waals surface area contributed by atoms with E-state index in [1.54, 1.807) is 7.11 Å². The molecule has 6 heteroatoms. The molecule has 2 aromatic carbocycles. The van der Waals surface area contributed by atoms with Crippen molar-refractivity contribution in [1.29, 1.82) is 0 Å². The maximum atomic E-state index is 13.9. The number of piperidine rings is 1. The summed E-state index contributed by atoms with van der Waals surface area (Å²) >= 11 is 0. The van der Waals surface area contributed by atoms with Gasteiger partial charge in [0.2, 0.25) is 5.91 Å². The number of methoxy groups -OCH3 is 1. The Balaban J connectivity index is 1.39. The van der Waals surface area contributed by atoms with E-state index in [9.17, 15) is 9.59 Å². The molecule has 0 spiro atoms. The average Bonchev–Trinajstić information content (AvgIpc) is 2.84. The van der Waals surface area contributed by atoms with Crippen LogP contribution in [-0.2, 0) is 4.79 Å². The fourth-order valence-electron chi connectivity index (χ4n) is 5.63. The third kappa shape index (κ3) is 3.51. The van der Waals surface area contributed by atoms with Crippen LogP contribution in [0.4, 0.5) is 5.69 Å². The number of carbonyl (C=O) groups is 2. The molecule has 3 heterocycles. The molecule has 6 nitrogen and oxygen atoms in total. The minimum atomic E-state index is -0.274. The predicted octanol–water partition coefficient (Wildman–Crippen LogP) is 3.38. The summed E-state index contributed by atoms with van der Waals surface area (Å²) < 4.78 is 5.53. The minimum Gasteiger partial charge on any atom is -0.495 e. The number of carbonyl (C=O) groups excluding carboxylic acids is 2. The topological polar surface area (TPSA) is 53.1 Å². The lowest BCUT2D eigenvalue weighted by Gasteiger charge is -2.47. The van der Waals surface area contributed by atoms with Crippen LogP contribution in [0.3, 0.4) is 0 Å². The molecular weight excluding hydrogens is 402 g/mol. The number of anilines is 1. The summed E-state index contributed by atoms with van der Waals surface area (Å²) in [5.74, 6) is 1.35. The number of amides is 2. The highest BCUT2D eigenvalue weighted by atomic mass is 16.5. The van der Waals surface area contributed by atoms with Gasteiger partial charge < -0.3 is 19.4 Å². The Morgan fingerprint density at radius 3 is 2.47 bits per heavy atom. The lowest BCUT2D eigenvalue weighted by atomic mass is 9.76. The van der Waals surface area contributed by atoms with Crippen LogP contribution in [0, 0.1) is 5.92 Å². The van der Waals surface area contributed by atoms with E-state index in [0.717, 1.165) is 49.5 Å². The van der Waals surface area contributed by atoms with Gasteiger partial charge in [0, 0.05) is 44.3 Å². The van der Waals surface area contributed by atoms with Crippen molar-refractivity contribution < 1.29 is 14.3 Å². The van der Waals surface area contributed by atoms with Gasteiger partial charge in [0.05, 0.1) is 18.7 Å². The van der Waals surface area contributed by atoms with E-state index in [1.165, 1.54) is 0 Å². The Kier molecular flexibility index (Phi) is 5.53. The van der Waals surface area contributed by atoms with Crippen molar-refractivity contribution in [2.45, 2.75) is 31.7 Å². The molecule has 5 rings (SSSR count). The Hall–Kier alpha value is -3.02. The Bertz CT molecular complexity index is 1010. The zero-order valence-electron chi connectivity index (χ0n) is 18.9. The molecule has 0 bridgehead atoms. The van der Waals surface area contributed by atoms with Gasteiger partial charge in [0.15, 0.2) is 0 Å². The van der Waals surface area contributed by atoms with E-state index in [0.29, 0.717) is 24.6 Å². The smallest absolute Gasteiger partial charge is 0.254 e. The van der Waals surface area contributed by atoms with Crippen LogP contribution >= 0.6 is 0 Å². The predicted molar refractivity (Wildman–Crippen MR) is 124 cm³/mol. The summed E-state index contributed by atoms with van der Waals surface area (Å²) in [6.07, 6.45) is 1.89. The molecule has 3 unspecified atom stereocenters. The molecule has 168 valence electrons. The van der Waals surface area contributed by atoms with E-state index in [1.807, 2.05) is 52.3 Å². The van der Waals surface area contributed by atoms with Crippen molar-refractivity contribution in [3.05, 3.63) is 59.7 Å². The molecule has 0 aliphatic carbocycles. The molecule has 2 aromatic rings. The fourth-order valence-corrected chi connectivity index (χ4v) is 5.63. The van der Waals surface area contributed by atoms with Crippen molar-refractivity contribution in [2.24, 2.45) is 5.92 Å². The van der Waals surface area contributed by atoms with Crippen LogP contribution in [0.2, 0.25) is 0 Å². The van der Waals surface area contributed by atoms with Crippen LogP contribution < -0.4 is 9.64 Å². The molecule has 0 saturated carbocycles. The largest absolute Gasteiger partial charge is 0.495 e. The lowest BCUT2D eigenvalue weighted by molar-refractivity contribution is -0.135. The average molecular weight is 434 g/mol. The number of para-hydroxylation sites is 2. The molecule has 2 amide bonds. The highest BCUT2D eigenvalue weighted by Crippen LogP contribution is 2.41. The van der Waals surface area contributed by atoms with Crippen molar-refractivity contribution in [3.63, 3.8) is 0 Å². The van der Waals surface area contributed by atoms with Crippen molar-refractivity contribution >= 4 is 17.5 Å². The number of piperazine rings is 1. The number of ether oxygens (including phenoxy) is 1. The molecule has 32 heavy (non-hydrogen) atoms. The quantitative estimate of drug-likeness (QED) is 0.745. The standard InChI is InChI=1S/C26H31N3O3/c1-18-11-12-29-22(17-18)24(19-7-3-4-8-20(19)25(29)30)26(31)28-15-13-27(14-16-28)21-9-5-6-10-23(21)32-2/h3-10,18,22,24H,11-17H2,1-2H3. The van der Waals surface area contributed by atoms with Crippen LogP contribution in [0.1, 0.15) is 41.6 Å². The summed E-state index contributed by atoms with van der Waals surface area (Å²) in [5, 5.41) is 0. The number of fused-ring (bicyclic) bond motifs is 2. The van der Waals surface area contributed by atoms with Gasteiger partial charge in [-0.25, -0.2) is 0 Å². The normalized spacial score (nSPS) is 25.2. The summed E-state index contributed by atoms with van der Waals surface area (Å²) in [7, 11) is 1.69. The first-order valence-electron chi connectivity index (χ1n) is 11.6. The molecule has 3 aliphatic rings. The number of nitrogens with zero attached hydrogens (tertiary/aromatic N) is 3. The van der Waals surface area contributed by atoms with Gasteiger partial charge in [0.25, 0.3) is 5.91 Å². The van der Waals surface area contributed by atoms with Gasteiger partial charge in [0.1, 0.15) is 5.75 Å². The summed E-state index contributed by atoms with van der Waals surface area (Å²) in [4.78, 5) is 33.3. The molecule has 3 atom stereocenters. The first-order valence-corrected chi connectivity index (χ1v) is 11.6. The van der Waals surface area contributed by atoms with Gasteiger partial charge in [-0.1, -0.05) is 37.3 Å². The number of rotatable bonds is 3. The van der Waals surface area contributed by atoms with E-state index in [2.05, 4.69) is 17.9 Å². The van der Waals surface area contributed by atoms with Gasteiger partial charge in [-0.3, -0.25) is 9.59 Å². The zero-order chi connectivity index (χ0) is 22.2. The van der Waals surface area contributed by atoms with Crippen molar-refractivity contribution in [3.8, 4) is 5.75 Å². The summed E-state index contributed by atoms with van der Waals surface area (Å²) in [5.41, 5.74) is 2.68. The zero-order valence-corrected chi connectivity index (χ0v) is 18.9. The highest BCUT2D eigenvalue weighted by molar-refractivity contribution is 6.01. The summed E-state index contributed by atoms with van der Waals surface area (Å²) in [6, 6.07) is 15.7. The van der Waals surface area contributed by atoms with E-state index < -0.39 is 0 Å². The maximum Gasteiger partial charge on any atom is 0.254 e.